The maximum atomic E-state index is 9.57. The standard InChI is InChI=1S/C8H13NO3/c1-5-8(2,4-9)7(11)6(3-10)12-5/h5-7,10-11H,3H2,1-2H3/t5?,6-,7-,8+/m1/s1. The predicted molar refractivity (Wildman–Crippen MR) is 41.1 cm³/mol. The van der Waals surface area contributed by atoms with Gasteiger partial charge in [-0.2, -0.15) is 5.26 Å². The Balaban J connectivity index is 2.85. The molecule has 0 aliphatic carbocycles. The molecule has 0 aromatic heterocycles. The molecule has 4 heteroatoms. The van der Waals surface area contributed by atoms with Crippen molar-refractivity contribution in [3.8, 4) is 6.07 Å². The summed E-state index contributed by atoms with van der Waals surface area (Å²) < 4.78 is 5.21. The Labute approximate surface area is 71.4 Å². The molecule has 1 rings (SSSR count). The largest absolute Gasteiger partial charge is 0.394 e. The zero-order valence-corrected chi connectivity index (χ0v) is 7.19. The van der Waals surface area contributed by atoms with Crippen molar-refractivity contribution < 1.29 is 14.9 Å². The Morgan fingerprint density at radius 1 is 1.67 bits per heavy atom. The van der Waals surface area contributed by atoms with E-state index in [-0.39, 0.29) is 12.7 Å². The van der Waals surface area contributed by atoms with Gasteiger partial charge < -0.3 is 14.9 Å². The Morgan fingerprint density at radius 3 is 2.50 bits per heavy atom. The molecule has 1 unspecified atom stereocenters. The second-order valence-corrected chi connectivity index (χ2v) is 3.34. The third kappa shape index (κ3) is 1.11. The number of ether oxygens (including phenoxy) is 1. The molecule has 68 valence electrons. The fraction of sp³-hybridized carbons (Fsp3) is 0.875. The average Bonchev–Trinajstić information content (AvgIpc) is 2.30. The minimum Gasteiger partial charge on any atom is -0.394 e. The van der Waals surface area contributed by atoms with Crippen molar-refractivity contribution in [3.05, 3.63) is 0 Å². The Kier molecular flexibility index (Phi) is 2.38. The van der Waals surface area contributed by atoms with Gasteiger partial charge in [0.15, 0.2) is 0 Å². The number of hydrogen-bond donors (Lipinski definition) is 2. The van der Waals surface area contributed by atoms with Gasteiger partial charge >= 0.3 is 0 Å². The molecule has 4 atom stereocenters. The molecule has 1 fully saturated rings. The highest BCUT2D eigenvalue weighted by Crippen LogP contribution is 2.37. The maximum Gasteiger partial charge on any atom is 0.109 e. The van der Waals surface area contributed by atoms with Crippen molar-refractivity contribution >= 4 is 0 Å². The quantitative estimate of drug-likeness (QED) is 0.566. The smallest absolute Gasteiger partial charge is 0.109 e. The zero-order valence-electron chi connectivity index (χ0n) is 7.19. The SMILES string of the molecule is CC1O[C@H](CO)[C@@H](O)[C@@]1(C)C#N. The molecule has 0 amide bonds. The highest BCUT2D eigenvalue weighted by Gasteiger charge is 2.51. The van der Waals surface area contributed by atoms with E-state index < -0.39 is 17.6 Å². The van der Waals surface area contributed by atoms with E-state index >= 15 is 0 Å². The lowest BCUT2D eigenvalue weighted by atomic mass is 9.82. The summed E-state index contributed by atoms with van der Waals surface area (Å²) in [5, 5.41) is 27.2. The van der Waals surface area contributed by atoms with Crippen LogP contribution >= 0.6 is 0 Å². The van der Waals surface area contributed by atoms with Crippen LogP contribution in [0.3, 0.4) is 0 Å². The number of hydrogen-bond acceptors (Lipinski definition) is 4. The van der Waals surface area contributed by atoms with Gasteiger partial charge in [0.05, 0.1) is 18.8 Å². The first-order chi connectivity index (χ1) is 5.56. The second-order valence-electron chi connectivity index (χ2n) is 3.34. The van der Waals surface area contributed by atoms with Crippen LogP contribution in [0.5, 0.6) is 0 Å². The molecule has 12 heavy (non-hydrogen) atoms. The highest BCUT2D eigenvalue weighted by molar-refractivity contribution is 5.10. The summed E-state index contributed by atoms with van der Waals surface area (Å²) in [5.74, 6) is 0. The van der Waals surface area contributed by atoms with Crippen LogP contribution in [0.25, 0.3) is 0 Å². The van der Waals surface area contributed by atoms with Crippen LogP contribution < -0.4 is 0 Å². The van der Waals surface area contributed by atoms with Crippen LogP contribution in [0.1, 0.15) is 13.8 Å². The van der Waals surface area contributed by atoms with Crippen molar-refractivity contribution in [2.45, 2.75) is 32.2 Å². The van der Waals surface area contributed by atoms with E-state index in [1.165, 1.54) is 0 Å². The Bertz CT molecular complexity index is 213. The highest BCUT2D eigenvalue weighted by atomic mass is 16.5. The van der Waals surface area contributed by atoms with Crippen LogP contribution in [-0.2, 0) is 4.74 Å². The van der Waals surface area contributed by atoms with E-state index in [1.807, 2.05) is 6.07 Å². The first kappa shape index (κ1) is 9.46. The third-order valence-corrected chi connectivity index (χ3v) is 2.61. The van der Waals surface area contributed by atoms with Gasteiger partial charge in [0.1, 0.15) is 17.6 Å². The van der Waals surface area contributed by atoms with Crippen LogP contribution in [0.15, 0.2) is 0 Å². The van der Waals surface area contributed by atoms with Crippen molar-refractivity contribution in [1.29, 1.82) is 5.26 Å². The van der Waals surface area contributed by atoms with Crippen LogP contribution in [0, 0.1) is 16.7 Å². The lowest BCUT2D eigenvalue weighted by Gasteiger charge is -2.21. The van der Waals surface area contributed by atoms with Crippen LogP contribution in [-0.4, -0.2) is 35.1 Å². The van der Waals surface area contributed by atoms with Gasteiger partial charge in [-0.3, -0.25) is 0 Å². The number of rotatable bonds is 1. The minimum atomic E-state index is -0.900. The molecule has 1 saturated heterocycles. The second kappa shape index (κ2) is 3.02. The first-order valence-electron chi connectivity index (χ1n) is 3.92. The summed E-state index contributed by atoms with van der Waals surface area (Å²) in [6.07, 6.45) is -1.86. The monoisotopic (exact) mass is 171 g/mol. The topological polar surface area (TPSA) is 73.5 Å². The number of aliphatic hydroxyl groups is 2. The number of aliphatic hydroxyl groups excluding tert-OH is 2. The number of nitriles is 1. The van der Waals surface area contributed by atoms with Gasteiger partial charge in [0.25, 0.3) is 0 Å². The van der Waals surface area contributed by atoms with Crippen LogP contribution in [0.4, 0.5) is 0 Å². The van der Waals surface area contributed by atoms with E-state index in [2.05, 4.69) is 0 Å². The molecular formula is C8H13NO3. The van der Waals surface area contributed by atoms with E-state index in [1.54, 1.807) is 13.8 Å². The van der Waals surface area contributed by atoms with E-state index in [4.69, 9.17) is 15.1 Å². The summed E-state index contributed by atoms with van der Waals surface area (Å²) in [5.41, 5.74) is -0.895. The van der Waals surface area contributed by atoms with E-state index in [9.17, 15) is 5.11 Å². The molecule has 2 N–H and O–H groups in total. The zero-order chi connectivity index (χ0) is 9.35. The average molecular weight is 171 g/mol. The summed E-state index contributed by atoms with van der Waals surface area (Å²) in [7, 11) is 0. The van der Waals surface area contributed by atoms with Crippen molar-refractivity contribution in [2.75, 3.05) is 6.61 Å². The molecule has 0 aromatic carbocycles. The molecule has 1 heterocycles. The van der Waals surface area contributed by atoms with Gasteiger partial charge in [-0.1, -0.05) is 0 Å². The fourth-order valence-electron chi connectivity index (χ4n) is 1.40. The first-order valence-corrected chi connectivity index (χ1v) is 3.92. The van der Waals surface area contributed by atoms with Crippen molar-refractivity contribution in [1.82, 2.24) is 0 Å². The van der Waals surface area contributed by atoms with Gasteiger partial charge in [-0.15, -0.1) is 0 Å². The van der Waals surface area contributed by atoms with E-state index in [0.29, 0.717) is 0 Å². The predicted octanol–water partition coefficient (Wildman–Crippen LogP) is -0.343. The Hall–Kier alpha value is -0.630. The van der Waals surface area contributed by atoms with Crippen molar-refractivity contribution in [3.63, 3.8) is 0 Å². The molecule has 0 bridgehead atoms. The molecule has 0 saturated carbocycles. The van der Waals surface area contributed by atoms with Gasteiger partial charge in [0, 0.05) is 0 Å². The summed E-state index contributed by atoms with van der Waals surface area (Å²) in [4.78, 5) is 0. The normalized spacial score (nSPS) is 47.4. The van der Waals surface area contributed by atoms with Crippen LogP contribution in [0.2, 0.25) is 0 Å². The molecular weight excluding hydrogens is 158 g/mol. The Morgan fingerprint density at radius 2 is 2.25 bits per heavy atom. The molecule has 1 aliphatic heterocycles. The summed E-state index contributed by atoms with van der Waals surface area (Å²) >= 11 is 0. The minimum absolute atomic E-state index is 0.247. The maximum absolute atomic E-state index is 9.57. The fourth-order valence-corrected chi connectivity index (χ4v) is 1.40. The molecule has 0 spiro atoms. The number of nitrogens with zero attached hydrogens (tertiary/aromatic N) is 1. The molecule has 1 aliphatic rings. The summed E-state index contributed by atoms with van der Waals surface area (Å²) in [6.45, 7) is 3.11. The molecule has 4 nitrogen and oxygen atoms in total. The third-order valence-electron chi connectivity index (χ3n) is 2.61. The summed E-state index contributed by atoms with van der Waals surface area (Å²) in [6, 6.07) is 2.02. The van der Waals surface area contributed by atoms with Gasteiger partial charge in [0.2, 0.25) is 0 Å². The van der Waals surface area contributed by atoms with Gasteiger partial charge in [-0.25, -0.2) is 0 Å². The lowest BCUT2D eigenvalue weighted by molar-refractivity contribution is -0.0171. The lowest BCUT2D eigenvalue weighted by Crippen LogP contribution is -2.37. The van der Waals surface area contributed by atoms with E-state index in [0.717, 1.165) is 0 Å². The van der Waals surface area contributed by atoms with Gasteiger partial charge in [-0.05, 0) is 13.8 Å². The van der Waals surface area contributed by atoms with Crippen molar-refractivity contribution in [2.24, 2.45) is 5.41 Å². The molecule has 0 aromatic rings. The molecule has 0 radical (unpaired) electrons.